The first-order chi connectivity index (χ1) is 20.7. The number of fused-ring (bicyclic) bond motifs is 2. The zero-order valence-electron chi connectivity index (χ0n) is 24.8. The summed E-state index contributed by atoms with van der Waals surface area (Å²) in [7, 11) is 1.95. The highest BCUT2D eigenvalue weighted by molar-refractivity contribution is 6.02. The predicted octanol–water partition coefficient (Wildman–Crippen LogP) is 4.75. The Bertz CT molecular complexity index is 1720. The second-order valence-corrected chi connectivity index (χ2v) is 11.9. The Hall–Kier alpha value is -3.91. The molecule has 8 nitrogen and oxygen atoms in total. The molecule has 43 heavy (non-hydrogen) atoms. The van der Waals surface area contributed by atoms with Crippen molar-refractivity contribution in [2.45, 2.75) is 44.8 Å². The zero-order chi connectivity index (χ0) is 30.3. The third-order valence-electron chi connectivity index (χ3n) is 8.39. The van der Waals surface area contributed by atoms with Gasteiger partial charge in [-0.05, 0) is 62.4 Å². The van der Waals surface area contributed by atoms with E-state index in [2.05, 4.69) is 16.2 Å². The number of ether oxygens (including phenoxy) is 1. The highest BCUT2D eigenvalue weighted by Crippen LogP contribution is 2.39. The largest absolute Gasteiger partial charge is 0.386 e. The number of halogens is 2. The van der Waals surface area contributed by atoms with Gasteiger partial charge in [-0.15, -0.1) is 6.42 Å². The van der Waals surface area contributed by atoms with Crippen LogP contribution in [0.5, 0.6) is 0 Å². The van der Waals surface area contributed by atoms with E-state index in [9.17, 15) is 9.50 Å². The van der Waals surface area contributed by atoms with Gasteiger partial charge in [0.15, 0.2) is 5.82 Å². The van der Waals surface area contributed by atoms with Gasteiger partial charge in [0.1, 0.15) is 22.8 Å². The molecule has 0 aliphatic carbocycles. The van der Waals surface area contributed by atoms with Crippen LogP contribution in [0.3, 0.4) is 0 Å². The maximum atomic E-state index is 16.9. The summed E-state index contributed by atoms with van der Waals surface area (Å²) in [5, 5.41) is 15.8. The third kappa shape index (κ3) is 5.60. The van der Waals surface area contributed by atoms with Crippen molar-refractivity contribution < 1.29 is 18.6 Å². The van der Waals surface area contributed by atoms with Crippen molar-refractivity contribution in [3.05, 3.63) is 53.2 Å². The molecule has 0 amide bonds. The van der Waals surface area contributed by atoms with Gasteiger partial charge in [0, 0.05) is 49.9 Å². The van der Waals surface area contributed by atoms with Gasteiger partial charge in [0.2, 0.25) is 5.95 Å². The summed E-state index contributed by atoms with van der Waals surface area (Å²) >= 11 is 0. The Morgan fingerprint density at radius 2 is 1.98 bits per heavy atom. The molecule has 4 aromatic rings. The molecule has 2 aromatic heterocycles. The van der Waals surface area contributed by atoms with Crippen molar-refractivity contribution in [2.24, 2.45) is 0 Å². The standard InChI is InChI=1S/C33H36F2N6O2/c1-5-23-26(34)10-9-20-16-21(33(2,3)42)17-24(27(20)23)29-28(35)30-25(18-37-29)31(40(4)19-22-8-6-7-11-36-22)39-32(38-30)41-12-14-43-15-13-41/h1,9-10,16-18,22,36,42H,6-8,11-15,19H2,2-4H3/t22-/m0/s1. The number of nitrogens with one attached hydrogen (secondary N) is 1. The number of hydrogen-bond donors (Lipinski definition) is 2. The molecule has 4 heterocycles. The van der Waals surface area contributed by atoms with Crippen LogP contribution >= 0.6 is 0 Å². The SMILES string of the molecule is C#Cc1c(F)ccc2cc(C(C)(C)O)cc(-c3ncc4c(N(C)C[C@@H]5CCCCN5)nc(N5CCOCC5)nc4c3F)c12. The van der Waals surface area contributed by atoms with Crippen LogP contribution in [0.1, 0.15) is 44.2 Å². The number of hydrogen-bond acceptors (Lipinski definition) is 8. The monoisotopic (exact) mass is 586 g/mol. The van der Waals surface area contributed by atoms with E-state index in [1.165, 1.54) is 6.07 Å². The van der Waals surface area contributed by atoms with Crippen LogP contribution in [0.25, 0.3) is 32.9 Å². The van der Waals surface area contributed by atoms with Crippen LogP contribution < -0.4 is 15.1 Å². The summed E-state index contributed by atoms with van der Waals surface area (Å²) in [4.78, 5) is 18.2. The summed E-state index contributed by atoms with van der Waals surface area (Å²) < 4.78 is 37.3. The molecule has 2 aromatic carbocycles. The number of terminal acetylenes is 1. The zero-order valence-corrected chi connectivity index (χ0v) is 24.8. The summed E-state index contributed by atoms with van der Waals surface area (Å²) in [5.41, 5.74) is -0.360. The quantitative estimate of drug-likeness (QED) is 0.313. The number of aromatic nitrogens is 3. The van der Waals surface area contributed by atoms with Crippen LogP contribution in [0.2, 0.25) is 0 Å². The van der Waals surface area contributed by atoms with E-state index in [0.717, 1.165) is 25.8 Å². The van der Waals surface area contributed by atoms with Crippen molar-refractivity contribution in [1.29, 1.82) is 0 Å². The van der Waals surface area contributed by atoms with E-state index in [0.29, 0.717) is 72.4 Å². The lowest BCUT2D eigenvalue weighted by Crippen LogP contribution is -2.43. The molecule has 10 heteroatoms. The van der Waals surface area contributed by atoms with Crippen molar-refractivity contribution in [2.75, 3.05) is 56.2 Å². The molecule has 2 aliphatic heterocycles. The van der Waals surface area contributed by atoms with Gasteiger partial charge in [-0.1, -0.05) is 18.4 Å². The molecule has 2 saturated heterocycles. The molecule has 2 fully saturated rings. The Balaban J connectivity index is 1.58. The third-order valence-corrected chi connectivity index (χ3v) is 8.39. The number of morpholine rings is 1. The number of likely N-dealkylation sites (N-methyl/N-ethyl adjacent to an activating group) is 1. The Labute approximate surface area is 250 Å². The molecule has 2 N–H and O–H groups in total. The minimum atomic E-state index is -1.25. The van der Waals surface area contributed by atoms with Crippen LogP contribution in [0.15, 0.2) is 30.5 Å². The van der Waals surface area contributed by atoms with E-state index in [1.807, 2.05) is 16.8 Å². The van der Waals surface area contributed by atoms with Gasteiger partial charge in [-0.25, -0.2) is 13.8 Å². The first-order valence-electron chi connectivity index (χ1n) is 14.7. The Kier molecular flexibility index (Phi) is 7.90. The van der Waals surface area contributed by atoms with E-state index >= 15 is 4.39 Å². The predicted molar refractivity (Wildman–Crippen MR) is 165 cm³/mol. The van der Waals surface area contributed by atoms with E-state index in [4.69, 9.17) is 21.1 Å². The van der Waals surface area contributed by atoms with Crippen LogP contribution in [-0.2, 0) is 10.3 Å². The van der Waals surface area contributed by atoms with Crippen molar-refractivity contribution in [3.8, 4) is 23.6 Å². The lowest BCUT2D eigenvalue weighted by atomic mass is 9.89. The normalized spacial score (nSPS) is 17.8. The van der Waals surface area contributed by atoms with Crippen molar-refractivity contribution in [3.63, 3.8) is 0 Å². The number of anilines is 2. The molecule has 0 spiro atoms. The molecule has 224 valence electrons. The molecule has 1 atom stereocenters. The Morgan fingerprint density at radius 3 is 2.67 bits per heavy atom. The maximum Gasteiger partial charge on any atom is 0.228 e. The minimum absolute atomic E-state index is 0.00758. The average Bonchev–Trinajstić information content (AvgIpc) is 3.01. The lowest BCUT2D eigenvalue weighted by molar-refractivity contribution is 0.0788. The summed E-state index contributed by atoms with van der Waals surface area (Å²) in [6.07, 6.45) is 10.7. The fourth-order valence-electron chi connectivity index (χ4n) is 6.03. The van der Waals surface area contributed by atoms with Crippen LogP contribution in [-0.4, -0.2) is 72.5 Å². The first-order valence-corrected chi connectivity index (χ1v) is 14.7. The van der Waals surface area contributed by atoms with Crippen LogP contribution in [0.4, 0.5) is 20.5 Å². The van der Waals surface area contributed by atoms with Crippen molar-refractivity contribution >= 4 is 33.4 Å². The topological polar surface area (TPSA) is 86.6 Å². The molecule has 0 saturated carbocycles. The number of aliphatic hydroxyl groups is 1. The van der Waals surface area contributed by atoms with E-state index in [-0.39, 0.29) is 22.3 Å². The van der Waals surface area contributed by atoms with Gasteiger partial charge in [-0.2, -0.15) is 4.98 Å². The number of nitrogens with zero attached hydrogens (tertiary/aromatic N) is 5. The highest BCUT2D eigenvalue weighted by atomic mass is 19.1. The molecule has 0 bridgehead atoms. The van der Waals surface area contributed by atoms with E-state index in [1.54, 1.807) is 38.2 Å². The van der Waals surface area contributed by atoms with Gasteiger partial charge < -0.3 is 25.0 Å². The molecule has 2 aliphatic rings. The summed E-state index contributed by atoms with van der Waals surface area (Å²) in [6.45, 7) is 7.17. The number of rotatable bonds is 6. The smallest absolute Gasteiger partial charge is 0.228 e. The maximum absolute atomic E-state index is 16.9. The highest BCUT2D eigenvalue weighted by Gasteiger charge is 2.27. The first kappa shape index (κ1) is 29.2. The second kappa shape index (κ2) is 11.6. The van der Waals surface area contributed by atoms with Gasteiger partial charge in [-0.3, -0.25) is 4.98 Å². The van der Waals surface area contributed by atoms with Crippen LogP contribution in [0, 0.1) is 24.0 Å². The van der Waals surface area contributed by atoms with Gasteiger partial charge in [0.05, 0.1) is 29.8 Å². The number of benzene rings is 2. The lowest BCUT2D eigenvalue weighted by Gasteiger charge is -2.31. The van der Waals surface area contributed by atoms with E-state index < -0.39 is 17.2 Å². The number of pyridine rings is 1. The fraction of sp³-hybridized carbons (Fsp3) is 0.424. The summed E-state index contributed by atoms with van der Waals surface area (Å²) in [5.74, 6) is 2.17. The van der Waals surface area contributed by atoms with Crippen molar-refractivity contribution in [1.82, 2.24) is 20.3 Å². The minimum Gasteiger partial charge on any atom is -0.386 e. The molecule has 0 unspecified atom stereocenters. The van der Waals surface area contributed by atoms with Gasteiger partial charge >= 0.3 is 0 Å². The molecular formula is C33H36F2N6O2. The number of piperidine rings is 1. The Morgan fingerprint density at radius 1 is 1.19 bits per heavy atom. The van der Waals surface area contributed by atoms with Gasteiger partial charge in [0.25, 0.3) is 0 Å². The molecule has 0 radical (unpaired) electrons. The second-order valence-electron chi connectivity index (χ2n) is 11.9. The molecule has 6 rings (SSSR count). The average molecular weight is 587 g/mol. The molecular weight excluding hydrogens is 550 g/mol. The fourth-order valence-corrected chi connectivity index (χ4v) is 6.03. The summed E-state index contributed by atoms with van der Waals surface area (Å²) in [6, 6.07) is 6.52.